The molecule has 0 saturated carbocycles. The van der Waals surface area contributed by atoms with Crippen molar-refractivity contribution in [2.24, 2.45) is 0 Å². The number of H-pyrrole nitrogens is 1. The monoisotopic (exact) mass is 225 g/mol. The molecule has 1 aliphatic rings. The first kappa shape index (κ1) is 11.6. The lowest BCUT2D eigenvalue weighted by molar-refractivity contribution is 0.114. The Morgan fingerprint density at radius 3 is 3.00 bits per heavy atom. The van der Waals surface area contributed by atoms with Gasteiger partial charge in [-0.15, -0.1) is 0 Å². The van der Waals surface area contributed by atoms with Gasteiger partial charge in [-0.3, -0.25) is 10.00 Å². The number of aromatic amines is 1. The van der Waals surface area contributed by atoms with E-state index < -0.39 is 0 Å². The van der Waals surface area contributed by atoms with Gasteiger partial charge in [0.1, 0.15) is 0 Å². The predicted molar refractivity (Wildman–Crippen MR) is 59.8 cm³/mol. The minimum Gasteiger partial charge on any atom is -0.395 e. The molecule has 2 heterocycles. The first-order valence-corrected chi connectivity index (χ1v) is 5.85. The van der Waals surface area contributed by atoms with Crippen LogP contribution in [0.2, 0.25) is 0 Å². The van der Waals surface area contributed by atoms with E-state index in [2.05, 4.69) is 15.1 Å². The topological polar surface area (TPSA) is 72.4 Å². The summed E-state index contributed by atoms with van der Waals surface area (Å²) in [5.74, 6) is 0. The largest absolute Gasteiger partial charge is 0.395 e. The van der Waals surface area contributed by atoms with E-state index in [1.54, 1.807) is 0 Å². The molecule has 0 unspecified atom stereocenters. The predicted octanol–water partition coefficient (Wildman–Crippen LogP) is 0.421. The van der Waals surface area contributed by atoms with Gasteiger partial charge in [0.2, 0.25) is 0 Å². The number of nitrogens with one attached hydrogen (secondary N) is 1. The van der Waals surface area contributed by atoms with E-state index in [9.17, 15) is 0 Å². The van der Waals surface area contributed by atoms with Crippen molar-refractivity contribution in [2.45, 2.75) is 31.9 Å². The molecule has 0 amide bonds. The Balaban J connectivity index is 2.09. The highest BCUT2D eigenvalue weighted by molar-refractivity contribution is 5.12. The molecule has 0 aliphatic carbocycles. The molecule has 1 saturated heterocycles. The van der Waals surface area contributed by atoms with Crippen molar-refractivity contribution in [3.63, 3.8) is 0 Å². The molecule has 0 bridgehead atoms. The van der Waals surface area contributed by atoms with Gasteiger partial charge in [0.05, 0.1) is 30.6 Å². The number of hydrogen-bond acceptors (Lipinski definition) is 4. The van der Waals surface area contributed by atoms with Crippen LogP contribution in [-0.4, -0.2) is 45.0 Å². The number of hydrogen-bond donors (Lipinski definition) is 3. The molecule has 0 spiro atoms. The average molecular weight is 225 g/mol. The van der Waals surface area contributed by atoms with Crippen LogP contribution in [0, 0.1) is 0 Å². The number of aliphatic hydroxyl groups excluding tert-OH is 2. The molecule has 3 N–H and O–H groups in total. The first-order chi connectivity index (χ1) is 7.85. The van der Waals surface area contributed by atoms with E-state index in [-0.39, 0.29) is 19.3 Å². The normalized spacial score (nSPS) is 22.5. The number of rotatable bonds is 4. The fraction of sp³-hybridized carbons (Fsp3) is 0.727. The second kappa shape index (κ2) is 5.43. The molecule has 5 heteroatoms. The Morgan fingerprint density at radius 2 is 2.31 bits per heavy atom. The summed E-state index contributed by atoms with van der Waals surface area (Å²) < 4.78 is 0. The van der Waals surface area contributed by atoms with Crippen LogP contribution in [-0.2, 0) is 6.61 Å². The molecule has 1 aromatic rings. The van der Waals surface area contributed by atoms with E-state index in [1.165, 1.54) is 12.8 Å². The molecule has 90 valence electrons. The molecule has 1 aliphatic heterocycles. The summed E-state index contributed by atoms with van der Waals surface area (Å²) >= 11 is 0. The summed E-state index contributed by atoms with van der Waals surface area (Å²) in [5.41, 5.74) is 1.74. The maximum Gasteiger partial charge on any atom is 0.0847 e. The van der Waals surface area contributed by atoms with Gasteiger partial charge in [0, 0.05) is 6.54 Å². The molecule has 0 radical (unpaired) electrons. The van der Waals surface area contributed by atoms with Crippen LogP contribution in [0.5, 0.6) is 0 Å². The highest BCUT2D eigenvalue weighted by Gasteiger charge is 2.25. The quantitative estimate of drug-likeness (QED) is 0.694. The third kappa shape index (κ3) is 2.42. The van der Waals surface area contributed by atoms with Crippen LogP contribution >= 0.6 is 0 Å². The highest BCUT2D eigenvalue weighted by Crippen LogP contribution is 2.29. The van der Waals surface area contributed by atoms with Crippen molar-refractivity contribution >= 4 is 0 Å². The van der Waals surface area contributed by atoms with Crippen molar-refractivity contribution in [2.75, 3.05) is 19.7 Å². The van der Waals surface area contributed by atoms with Crippen LogP contribution in [0.25, 0.3) is 0 Å². The van der Waals surface area contributed by atoms with Crippen molar-refractivity contribution < 1.29 is 10.2 Å². The summed E-state index contributed by atoms with van der Waals surface area (Å²) in [5, 5.41) is 25.1. The lowest BCUT2D eigenvalue weighted by Gasteiger charge is -2.34. The second-order valence-electron chi connectivity index (χ2n) is 4.25. The third-order valence-electron chi connectivity index (χ3n) is 3.16. The van der Waals surface area contributed by atoms with Crippen LogP contribution in [0.4, 0.5) is 0 Å². The van der Waals surface area contributed by atoms with Gasteiger partial charge >= 0.3 is 0 Å². The molecule has 1 aromatic heterocycles. The average Bonchev–Trinajstić information content (AvgIpc) is 2.79. The lowest BCUT2D eigenvalue weighted by atomic mass is 9.99. The fourth-order valence-corrected chi connectivity index (χ4v) is 2.35. The summed E-state index contributed by atoms with van der Waals surface area (Å²) in [6, 6.07) is 2.21. The van der Waals surface area contributed by atoms with Crippen LogP contribution < -0.4 is 0 Å². The Morgan fingerprint density at radius 1 is 1.44 bits per heavy atom. The maximum atomic E-state index is 9.02. The first-order valence-electron chi connectivity index (χ1n) is 5.85. The smallest absolute Gasteiger partial charge is 0.0847 e. The van der Waals surface area contributed by atoms with Gasteiger partial charge in [-0.1, -0.05) is 6.42 Å². The van der Waals surface area contributed by atoms with Gasteiger partial charge in [-0.25, -0.2) is 0 Å². The Hall–Kier alpha value is -0.910. The minimum atomic E-state index is -0.000278. The molecule has 1 atom stereocenters. The zero-order valence-corrected chi connectivity index (χ0v) is 9.39. The third-order valence-corrected chi connectivity index (χ3v) is 3.16. The van der Waals surface area contributed by atoms with Gasteiger partial charge < -0.3 is 10.2 Å². The summed E-state index contributed by atoms with van der Waals surface area (Å²) in [4.78, 5) is 2.26. The van der Waals surface area contributed by atoms with Crippen LogP contribution in [0.3, 0.4) is 0 Å². The lowest BCUT2D eigenvalue weighted by Crippen LogP contribution is -2.35. The maximum absolute atomic E-state index is 9.02. The number of nitrogens with zero attached hydrogens (tertiary/aromatic N) is 2. The summed E-state index contributed by atoms with van der Waals surface area (Å²) in [6.45, 7) is 1.91. The van der Waals surface area contributed by atoms with E-state index >= 15 is 0 Å². The van der Waals surface area contributed by atoms with Crippen LogP contribution in [0.15, 0.2) is 6.07 Å². The molecule has 0 aromatic carbocycles. The fourth-order valence-electron chi connectivity index (χ4n) is 2.35. The Kier molecular flexibility index (Phi) is 3.93. The van der Waals surface area contributed by atoms with Gasteiger partial charge in [-0.2, -0.15) is 5.10 Å². The van der Waals surface area contributed by atoms with Crippen molar-refractivity contribution in [1.29, 1.82) is 0 Å². The van der Waals surface area contributed by atoms with Crippen molar-refractivity contribution in [3.05, 3.63) is 17.5 Å². The second-order valence-corrected chi connectivity index (χ2v) is 4.25. The van der Waals surface area contributed by atoms with Crippen molar-refractivity contribution in [1.82, 2.24) is 15.1 Å². The van der Waals surface area contributed by atoms with E-state index in [0.29, 0.717) is 6.54 Å². The number of β-amino-alcohol motifs (C(OH)–C–C–N with tert-alkyl or cyclic N) is 1. The molecule has 5 nitrogen and oxygen atoms in total. The van der Waals surface area contributed by atoms with E-state index in [0.717, 1.165) is 24.4 Å². The number of aliphatic hydroxyl groups is 2. The number of likely N-dealkylation sites (tertiary alicyclic amines) is 1. The minimum absolute atomic E-state index is 0.000278. The number of piperidine rings is 1. The van der Waals surface area contributed by atoms with Gasteiger partial charge in [0.15, 0.2) is 0 Å². The van der Waals surface area contributed by atoms with E-state index in [4.69, 9.17) is 10.2 Å². The zero-order chi connectivity index (χ0) is 11.4. The number of aromatic nitrogens is 2. The SMILES string of the molecule is OCCN1CCCC[C@H]1c1cc(CO)[nH]n1. The van der Waals surface area contributed by atoms with Gasteiger partial charge in [-0.05, 0) is 25.5 Å². The molecule has 1 fully saturated rings. The highest BCUT2D eigenvalue weighted by atomic mass is 16.3. The Bertz CT molecular complexity index is 325. The molecule has 2 rings (SSSR count). The zero-order valence-electron chi connectivity index (χ0n) is 9.39. The van der Waals surface area contributed by atoms with Crippen LogP contribution in [0.1, 0.15) is 36.7 Å². The summed E-state index contributed by atoms with van der Waals surface area (Å²) in [7, 11) is 0. The molecular weight excluding hydrogens is 206 g/mol. The Labute approximate surface area is 95.1 Å². The standard InChI is InChI=1S/C11H19N3O2/c15-6-5-14-4-2-1-3-11(14)10-7-9(8-16)12-13-10/h7,11,15-16H,1-6,8H2,(H,12,13)/t11-/m0/s1. The summed E-state index contributed by atoms with van der Waals surface area (Å²) in [6.07, 6.45) is 3.47. The van der Waals surface area contributed by atoms with Crippen molar-refractivity contribution in [3.8, 4) is 0 Å². The molecular formula is C11H19N3O2. The molecule has 16 heavy (non-hydrogen) atoms. The van der Waals surface area contributed by atoms with E-state index in [1.807, 2.05) is 6.07 Å². The van der Waals surface area contributed by atoms with Gasteiger partial charge in [0.25, 0.3) is 0 Å².